The second-order valence-corrected chi connectivity index (χ2v) is 7.39. The van der Waals surface area contributed by atoms with Crippen LogP contribution in [0.4, 0.5) is 17.1 Å². The molecule has 1 heterocycles. The summed E-state index contributed by atoms with van der Waals surface area (Å²) in [5.41, 5.74) is 2.23. The van der Waals surface area contributed by atoms with Gasteiger partial charge < -0.3 is 19.9 Å². The number of hydrogen-bond acceptors (Lipinski definition) is 6. The number of benzene rings is 2. The number of anilines is 2. The van der Waals surface area contributed by atoms with E-state index in [0.717, 1.165) is 18.5 Å². The van der Waals surface area contributed by atoms with E-state index in [0.29, 0.717) is 49.2 Å². The first-order chi connectivity index (χ1) is 14.0. The van der Waals surface area contributed by atoms with Crippen LogP contribution in [0, 0.1) is 10.1 Å². The normalized spacial score (nSPS) is 16.4. The van der Waals surface area contributed by atoms with Crippen molar-refractivity contribution < 1.29 is 14.5 Å². The Hall–Kier alpha value is -3.29. The molecule has 2 aromatic rings. The van der Waals surface area contributed by atoms with Gasteiger partial charge in [-0.15, -0.1) is 0 Å². The Morgan fingerprint density at radius 1 is 1.14 bits per heavy atom. The fourth-order valence-electron chi connectivity index (χ4n) is 3.55. The predicted octanol–water partition coefficient (Wildman–Crippen LogP) is 3.14. The molecule has 1 aliphatic heterocycles. The highest BCUT2D eigenvalue weighted by atomic mass is 16.6. The number of amides is 1. The molecule has 1 aliphatic carbocycles. The van der Waals surface area contributed by atoms with Crippen LogP contribution in [0.25, 0.3) is 0 Å². The van der Waals surface area contributed by atoms with Gasteiger partial charge in [-0.1, -0.05) is 6.07 Å². The molecule has 2 fully saturated rings. The van der Waals surface area contributed by atoms with Crippen molar-refractivity contribution in [3.05, 3.63) is 58.1 Å². The SMILES string of the molecule is COc1cccc(C(=O)N2CCN(c3ccc([N+](=O)[O-])c(NC4CC4)c3)CC2)c1. The van der Waals surface area contributed by atoms with Crippen molar-refractivity contribution >= 4 is 23.0 Å². The van der Waals surface area contributed by atoms with Crippen LogP contribution in [0.5, 0.6) is 5.75 Å². The number of nitro groups is 1. The molecule has 2 aromatic carbocycles. The molecule has 8 heteroatoms. The van der Waals surface area contributed by atoms with E-state index in [4.69, 9.17) is 4.74 Å². The molecule has 0 radical (unpaired) electrons. The highest BCUT2D eigenvalue weighted by Gasteiger charge is 2.27. The van der Waals surface area contributed by atoms with Crippen molar-refractivity contribution in [2.75, 3.05) is 43.5 Å². The van der Waals surface area contributed by atoms with E-state index in [1.165, 1.54) is 0 Å². The predicted molar refractivity (Wildman–Crippen MR) is 111 cm³/mol. The molecule has 29 heavy (non-hydrogen) atoms. The third-order valence-corrected chi connectivity index (χ3v) is 5.36. The van der Waals surface area contributed by atoms with Crippen LogP contribution < -0.4 is 15.0 Å². The number of ether oxygens (including phenoxy) is 1. The molecule has 0 unspecified atom stereocenters. The first kappa shape index (κ1) is 19.0. The molecule has 0 bridgehead atoms. The van der Waals surface area contributed by atoms with Crippen molar-refractivity contribution in [2.24, 2.45) is 0 Å². The summed E-state index contributed by atoms with van der Waals surface area (Å²) in [6.45, 7) is 2.55. The van der Waals surface area contributed by atoms with Crippen molar-refractivity contribution in [2.45, 2.75) is 18.9 Å². The number of nitrogens with zero attached hydrogens (tertiary/aromatic N) is 3. The maximum Gasteiger partial charge on any atom is 0.292 e. The summed E-state index contributed by atoms with van der Waals surface area (Å²) in [6, 6.07) is 12.7. The van der Waals surface area contributed by atoms with Gasteiger partial charge in [0.15, 0.2) is 0 Å². The highest BCUT2D eigenvalue weighted by molar-refractivity contribution is 5.94. The zero-order valence-electron chi connectivity index (χ0n) is 16.3. The van der Waals surface area contributed by atoms with Crippen LogP contribution >= 0.6 is 0 Å². The minimum Gasteiger partial charge on any atom is -0.497 e. The van der Waals surface area contributed by atoms with Gasteiger partial charge in [0, 0.05) is 49.5 Å². The summed E-state index contributed by atoms with van der Waals surface area (Å²) in [5.74, 6) is 0.652. The van der Waals surface area contributed by atoms with Gasteiger partial charge in [-0.05, 0) is 43.2 Å². The first-order valence-electron chi connectivity index (χ1n) is 9.78. The molecular formula is C21H24N4O4. The van der Waals surface area contributed by atoms with Crippen LogP contribution in [0.1, 0.15) is 23.2 Å². The van der Waals surface area contributed by atoms with Crippen molar-refractivity contribution in [1.82, 2.24) is 4.90 Å². The first-order valence-corrected chi connectivity index (χ1v) is 9.78. The van der Waals surface area contributed by atoms with E-state index < -0.39 is 0 Å². The number of carbonyl (C=O) groups excluding carboxylic acids is 1. The Bertz CT molecular complexity index is 921. The lowest BCUT2D eigenvalue weighted by atomic mass is 10.1. The summed E-state index contributed by atoms with van der Waals surface area (Å²) >= 11 is 0. The second-order valence-electron chi connectivity index (χ2n) is 7.39. The molecule has 0 spiro atoms. The van der Waals surface area contributed by atoms with Gasteiger partial charge in [0.25, 0.3) is 11.6 Å². The largest absolute Gasteiger partial charge is 0.497 e. The summed E-state index contributed by atoms with van der Waals surface area (Å²) in [4.78, 5) is 27.7. The van der Waals surface area contributed by atoms with Gasteiger partial charge in [0.2, 0.25) is 0 Å². The van der Waals surface area contributed by atoms with Crippen LogP contribution in [-0.2, 0) is 0 Å². The molecular weight excluding hydrogens is 372 g/mol. The monoisotopic (exact) mass is 396 g/mol. The molecule has 1 amide bonds. The quantitative estimate of drug-likeness (QED) is 0.596. The van der Waals surface area contributed by atoms with Crippen molar-refractivity contribution in [3.63, 3.8) is 0 Å². The summed E-state index contributed by atoms with van der Waals surface area (Å²) < 4.78 is 5.20. The summed E-state index contributed by atoms with van der Waals surface area (Å²) in [6.07, 6.45) is 2.10. The molecule has 0 atom stereocenters. The molecule has 1 saturated heterocycles. The van der Waals surface area contributed by atoms with Crippen LogP contribution in [-0.4, -0.2) is 55.1 Å². The number of piperazine rings is 1. The van der Waals surface area contributed by atoms with E-state index in [-0.39, 0.29) is 16.5 Å². The van der Waals surface area contributed by atoms with E-state index in [9.17, 15) is 14.9 Å². The van der Waals surface area contributed by atoms with Gasteiger partial charge in [0.1, 0.15) is 11.4 Å². The lowest BCUT2D eigenvalue weighted by molar-refractivity contribution is -0.384. The summed E-state index contributed by atoms with van der Waals surface area (Å²) in [7, 11) is 1.58. The minimum atomic E-state index is -0.348. The van der Waals surface area contributed by atoms with E-state index >= 15 is 0 Å². The lowest BCUT2D eigenvalue weighted by Crippen LogP contribution is -2.48. The van der Waals surface area contributed by atoms with Crippen molar-refractivity contribution in [1.29, 1.82) is 0 Å². The zero-order chi connectivity index (χ0) is 20.4. The zero-order valence-corrected chi connectivity index (χ0v) is 16.3. The molecule has 8 nitrogen and oxygen atoms in total. The van der Waals surface area contributed by atoms with Crippen LogP contribution in [0.15, 0.2) is 42.5 Å². The van der Waals surface area contributed by atoms with Gasteiger partial charge in [0.05, 0.1) is 12.0 Å². The molecule has 152 valence electrons. The molecule has 2 aliphatic rings. The van der Waals surface area contributed by atoms with Crippen LogP contribution in [0.3, 0.4) is 0 Å². The number of rotatable bonds is 6. The Balaban J connectivity index is 1.43. The standard InChI is InChI=1S/C21H24N4O4/c1-29-18-4-2-3-15(13-18)21(26)24-11-9-23(10-12-24)17-7-8-20(25(27)28)19(14-17)22-16-5-6-16/h2-4,7-8,13-14,16,22H,5-6,9-12H2,1H3. The minimum absolute atomic E-state index is 0.0108. The van der Waals surface area contributed by atoms with Crippen LogP contribution in [0.2, 0.25) is 0 Å². The lowest BCUT2D eigenvalue weighted by Gasteiger charge is -2.36. The Morgan fingerprint density at radius 2 is 1.90 bits per heavy atom. The smallest absolute Gasteiger partial charge is 0.292 e. The molecule has 1 saturated carbocycles. The average molecular weight is 396 g/mol. The Labute approximate surface area is 169 Å². The number of carbonyl (C=O) groups is 1. The van der Waals surface area contributed by atoms with Gasteiger partial charge in [-0.2, -0.15) is 0 Å². The molecule has 0 aromatic heterocycles. The third-order valence-electron chi connectivity index (χ3n) is 5.36. The van der Waals surface area contributed by atoms with E-state index in [1.54, 1.807) is 31.4 Å². The summed E-state index contributed by atoms with van der Waals surface area (Å²) in [5, 5.41) is 14.6. The fourth-order valence-corrected chi connectivity index (χ4v) is 3.55. The van der Waals surface area contributed by atoms with Gasteiger partial charge >= 0.3 is 0 Å². The highest BCUT2D eigenvalue weighted by Crippen LogP contribution is 2.34. The van der Waals surface area contributed by atoms with Gasteiger partial charge in [-0.25, -0.2) is 0 Å². The Morgan fingerprint density at radius 3 is 2.55 bits per heavy atom. The van der Waals surface area contributed by atoms with E-state index in [2.05, 4.69) is 10.2 Å². The third kappa shape index (κ3) is 4.26. The number of hydrogen-bond donors (Lipinski definition) is 1. The fraction of sp³-hybridized carbons (Fsp3) is 0.381. The van der Waals surface area contributed by atoms with E-state index in [1.807, 2.05) is 23.1 Å². The second kappa shape index (κ2) is 7.98. The molecule has 1 N–H and O–H groups in total. The Kier molecular flexibility index (Phi) is 5.24. The number of nitro benzene ring substituents is 1. The maximum atomic E-state index is 12.8. The average Bonchev–Trinajstić information content (AvgIpc) is 3.57. The number of nitrogens with one attached hydrogen (secondary N) is 1. The molecule has 4 rings (SSSR count). The maximum absolute atomic E-state index is 12.8. The van der Waals surface area contributed by atoms with Gasteiger partial charge in [-0.3, -0.25) is 14.9 Å². The topological polar surface area (TPSA) is 88.0 Å². The number of methoxy groups -OCH3 is 1. The van der Waals surface area contributed by atoms with Crippen molar-refractivity contribution in [3.8, 4) is 5.75 Å².